The maximum absolute atomic E-state index is 14.0. The van der Waals surface area contributed by atoms with E-state index >= 15 is 0 Å². The molecular weight excluding hydrogens is 229 g/mol. The molecule has 1 aliphatic rings. The van der Waals surface area contributed by atoms with E-state index in [4.69, 9.17) is 4.74 Å². The van der Waals surface area contributed by atoms with Gasteiger partial charge in [-0.05, 0) is 32.9 Å². The second-order valence-corrected chi connectivity index (χ2v) is 4.95. The molecule has 0 saturated heterocycles. The van der Waals surface area contributed by atoms with Gasteiger partial charge >= 0.3 is 0 Å². The molecule has 1 atom stereocenters. The number of nitrogens with one attached hydrogen (secondary N) is 1. The average Bonchev–Trinajstić information content (AvgIpc) is 2.82. The first-order valence-corrected chi connectivity index (χ1v) is 6.79. The molecule has 2 rings (SSSR count). The molecule has 0 aromatic heterocycles. The van der Waals surface area contributed by atoms with Crippen molar-refractivity contribution in [1.82, 2.24) is 5.32 Å². The van der Waals surface area contributed by atoms with E-state index < -0.39 is 0 Å². The molecule has 0 heterocycles. The van der Waals surface area contributed by atoms with Crippen LogP contribution < -0.4 is 5.32 Å². The van der Waals surface area contributed by atoms with E-state index in [0.29, 0.717) is 6.61 Å². The van der Waals surface area contributed by atoms with Crippen LogP contribution >= 0.6 is 0 Å². The highest BCUT2D eigenvalue weighted by atomic mass is 19.1. The van der Waals surface area contributed by atoms with Crippen LogP contribution in [0.15, 0.2) is 24.3 Å². The number of hydrogen-bond acceptors (Lipinski definition) is 2. The van der Waals surface area contributed by atoms with E-state index in [0.717, 1.165) is 31.2 Å². The third-order valence-electron chi connectivity index (χ3n) is 3.91. The Labute approximate surface area is 109 Å². The first-order valence-electron chi connectivity index (χ1n) is 6.79. The number of ether oxygens (including phenoxy) is 1. The topological polar surface area (TPSA) is 21.3 Å². The van der Waals surface area contributed by atoms with Gasteiger partial charge in [0.2, 0.25) is 0 Å². The molecule has 1 aliphatic carbocycles. The maximum atomic E-state index is 14.0. The van der Waals surface area contributed by atoms with Crippen molar-refractivity contribution in [2.45, 2.75) is 44.2 Å². The van der Waals surface area contributed by atoms with Gasteiger partial charge in [0.15, 0.2) is 0 Å². The molecule has 1 N–H and O–H groups in total. The predicted octanol–water partition coefficient (Wildman–Crippen LogP) is 3.44. The second kappa shape index (κ2) is 5.81. The highest BCUT2D eigenvalue weighted by Crippen LogP contribution is 2.43. The molecule has 0 bridgehead atoms. The fourth-order valence-electron chi connectivity index (χ4n) is 3.19. The molecule has 0 radical (unpaired) electrons. The van der Waals surface area contributed by atoms with Crippen LogP contribution in [0.3, 0.4) is 0 Å². The molecular formula is C15H22FNO. The van der Waals surface area contributed by atoms with Gasteiger partial charge in [-0.2, -0.15) is 0 Å². The normalized spacial score (nSPS) is 19.9. The molecule has 1 saturated carbocycles. The lowest BCUT2D eigenvalue weighted by Gasteiger charge is -2.37. The smallest absolute Gasteiger partial charge is 0.128 e. The fraction of sp³-hybridized carbons (Fsp3) is 0.600. The summed E-state index contributed by atoms with van der Waals surface area (Å²) in [4.78, 5) is 0. The molecule has 3 heteroatoms. The number of hydrogen-bond donors (Lipinski definition) is 1. The van der Waals surface area contributed by atoms with Crippen molar-refractivity contribution in [3.05, 3.63) is 35.6 Å². The van der Waals surface area contributed by atoms with E-state index in [2.05, 4.69) is 5.32 Å². The Morgan fingerprint density at radius 2 is 2.00 bits per heavy atom. The highest BCUT2D eigenvalue weighted by Gasteiger charge is 2.43. The Morgan fingerprint density at radius 3 is 2.56 bits per heavy atom. The van der Waals surface area contributed by atoms with Crippen molar-refractivity contribution >= 4 is 0 Å². The van der Waals surface area contributed by atoms with Crippen molar-refractivity contribution < 1.29 is 9.13 Å². The van der Waals surface area contributed by atoms with E-state index in [1.54, 1.807) is 6.07 Å². The van der Waals surface area contributed by atoms with Crippen LogP contribution in [0.4, 0.5) is 4.39 Å². The lowest BCUT2D eigenvalue weighted by Crippen LogP contribution is -2.43. The summed E-state index contributed by atoms with van der Waals surface area (Å²) in [5, 5.41) is 3.26. The van der Waals surface area contributed by atoms with Crippen LogP contribution in [0.5, 0.6) is 0 Å². The number of halogens is 1. The van der Waals surface area contributed by atoms with Gasteiger partial charge in [0.05, 0.1) is 11.6 Å². The summed E-state index contributed by atoms with van der Waals surface area (Å²) in [6.07, 6.45) is 4.32. The average molecular weight is 251 g/mol. The molecule has 0 spiro atoms. The molecule has 2 nitrogen and oxygen atoms in total. The molecule has 0 amide bonds. The fourth-order valence-corrected chi connectivity index (χ4v) is 3.19. The Kier molecular flexibility index (Phi) is 4.36. The summed E-state index contributed by atoms with van der Waals surface area (Å²) in [5.74, 6) is -0.150. The standard InChI is InChI=1S/C15H22FNO/c1-3-18-15(10-6-7-11-15)14(17-2)12-8-4-5-9-13(12)16/h4-5,8-9,14,17H,3,6-7,10-11H2,1-2H3. The summed E-state index contributed by atoms with van der Waals surface area (Å²) >= 11 is 0. The number of benzene rings is 1. The van der Waals surface area contributed by atoms with E-state index in [9.17, 15) is 4.39 Å². The zero-order chi connectivity index (χ0) is 13.0. The molecule has 18 heavy (non-hydrogen) atoms. The summed E-state index contributed by atoms with van der Waals surface area (Å²) in [6.45, 7) is 2.68. The van der Waals surface area contributed by atoms with Crippen LogP contribution in [0, 0.1) is 5.82 Å². The minimum absolute atomic E-state index is 0.0684. The van der Waals surface area contributed by atoms with Crippen LogP contribution in [-0.4, -0.2) is 19.3 Å². The van der Waals surface area contributed by atoms with Crippen LogP contribution in [0.1, 0.15) is 44.2 Å². The van der Waals surface area contributed by atoms with Crippen LogP contribution in [0.25, 0.3) is 0 Å². The minimum atomic E-state index is -0.244. The van der Waals surface area contributed by atoms with Gasteiger partial charge in [-0.25, -0.2) is 4.39 Å². The third-order valence-corrected chi connectivity index (χ3v) is 3.91. The summed E-state index contributed by atoms with van der Waals surface area (Å²) in [6, 6.07) is 6.93. The van der Waals surface area contributed by atoms with Crippen molar-refractivity contribution in [1.29, 1.82) is 0 Å². The van der Waals surface area contributed by atoms with Crippen molar-refractivity contribution in [2.75, 3.05) is 13.7 Å². The van der Waals surface area contributed by atoms with Gasteiger partial charge in [0.25, 0.3) is 0 Å². The zero-order valence-electron chi connectivity index (χ0n) is 11.2. The Bertz CT molecular complexity index is 388. The Hall–Kier alpha value is -0.930. The largest absolute Gasteiger partial charge is 0.373 e. The summed E-state index contributed by atoms with van der Waals surface area (Å²) in [7, 11) is 1.89. The molecule has 100 valence electrons. The second-order valence-electron chi connectivity index (χ2n) is 4.95. The molecule has 1 aromatic rings. The van der Waals surface area contributed by atoms with Gasteiger partial charge in [-0.15, -0.1) is 0 Å². The minimum Gasteiger partial charge on any atom is -0.373 e. The Morgan fingerprint density at radius 1 is 1.33 bits per heavy atom. The van der Waals surface area contributed by atoms with E-state index in [1.807, 2.05) is 26.1 Å². The van der Waals surface area contributed by atoms with Crippen LogP contribution in [0.2, 0.25) is 0 Å². The SMILES string of the molecule is CCOC1(C(NC)c2ccccc2F)CCCC1. The van der Waals surface area contributed by atoms with Gasteiger partial charge in [0.1, 0.15) is 5.82 Å². The first kappa shape index (κ1) is 13.5. The monoisotopic (exact) mass is 251 g/mol. The number of likely N-dealkylation sites (N-methyl/N-ethyl adjacent to an activating group) is 1. The Balaban J connectivity index is 2.34. The van der Waals surface area contributed by atoms with Gasteiger partial charge in [-0.3, -0.25) is 0 Å². The summed E-state index contributed by atoms with van der Waals surface area (Å²) < 4.78 is 20.0. The first-order chi connectivity index (χ1) is 8.73. The zero-order valence-corrected chi connectivity index (χ0v) is 11.2. The van der Waals surface area contributed by atoms with Crippen LogP contribution in [-0.2, 0) is 4.74 Å². The third kappa shape index (κ3) is 2.43. The van der Waals surface area contributed by atoms with Gasteiger partial charge in [0, 0.05) is 12.2 Å². The lowest BCUT2D eigenvalue weighted by atomic mass is 9.86. The lowest BCUT2D eigenvalue weighted by molar-refractivity contribution is -0.0617. The molecule has 0 aliphatic heterocycles. The predicted molar refractivity (Wildman–Crippen MR) is 71.0 cm³/mol. The highest BCUT2D eigenvalue weighted by molar-refractivity contribution is 5.25. The maximum Gasteiger partial charge on any atom is 0.128 e. The van der Waals surface area contributed by atoms with Gasteiger partial charge in [-0.1, -0.05) is 31.0 Å². The molecule has 1 fully saturated rings. The van der Waals surface area contributed by atoms with Crippen molar-refractivity contribution in [3.63, 3.8) is 0 Å². The molecule has 1 unspecified atom stereocenters. The van der Waals surface area contributed by atoms with Crippen molar-refractivity contribution in [3.8, 4) is 0 Å². The van der Waals surface area contributed by atoms with E-state index in [1.165, 1.54) is 6.07 Å². The number of rotatable bonds is 5. The summed E-state index contributed by atoms with van der Waals surface area (Å²) in [5.41, 5.74) is 0.474. The van der Waals surface area contributed by atoms with E-state index in [-0.39, 0.29) is 17.5 Å². The van der Waals surface area contributed by atoms with Gasteiger partial charge < -0.3 is 10.1 Å². The van der Waals surface area contributed by atoms with Crippen molar-refractivity contribution in [2.24, 2.45) is 0 Å². The molecule has 1 aromatic carbocycles. The quantitative estimate of drug-likeness (QED) is 0.865.